The monoisotopic (exact) mass is 347 g/mol. The molecule has 24 heavy (non-hydrogen) atoms. The number of carbonyl (C=O) groups excluding carboxylic acids is 1. The van der Waals surface area contributed by atoms with Crippen LogP contribution < -0.4 is 14.8 Å². The number of ether oxygens (including phenoxy) is 1. The highest BCUT2D eigenvalue weighted by Gasteiger charge is 2.29. The van der Waals surface area contributed by atoms with Crippen LogP contribution in [0.1, 0.15) is 23.5 Å². The van der Waals surface area contributed by atoms with Gasteiger partial charge in [0.25, 0.3) is 0 Å². The Morgan fingerprint density at radius 1 is 1.29 bits per heavy atom. The van der Waals surface area contributed by atoms with Crippen LogP contribution in [0.5, 0.6) is 5.88 Å². The average Bonchev–Trinajstić information content (AvgIpc) is 2.52. The number of methoxy groups -OCH3 is 1. The summed E-state index contributed by atoms with van der Waals surface area (Å²) in [4.78, 5) is 16.3. The molecular weight excluding hydrogens is 330 g/mol. The molecule has 7 nitrogen and oxygen atoms in total. The molecule has 0 radical (unpaired) electrons. The van der Waals surface area contributed by atoms with E-state index in [9.17, 15) is 13.2 Å². The van der Waals surface area contributed by atoms with E-state index >= 15 is 0 Å². The number of hydrogen-bond donors (Lipinski definition) is 2. The number of nitrogens with one attached hydrogen (secondary N) is 2. The van der Waals surface area contributed by atoms with Gasteiger partial charge in [-0.1, -0.05) is 12.1 Å². The Balaban J connectivity index is 2.06. The Labute approximate surface area is 140 Å². The molecule has 0 aliphatic carbocycles. The largest absolute Gasteiger partial charge is 0.481 e. The van der Waals surface area contributed by atoms with Crippen molar-refractivity contribution in [2.24, 2.45) is 0 Å². The average molecular weight is 347 g/mol. The fourth-order valence-corrected chi connectivity index (χ4v) is 3.41. The summed E-state index contributed by atoms with van der Waals surface area (Å²) in [5.41, 5.74) is 2.69. The molecule has 0 saturated heterocycles. The minimum atomic E-state index is -3.39. The summed E-state index contributed by atoms with van der Waals surface area (Å²) in [6.45, 7) is 0. The molecule has 1 amide bonds. The topological polar surface area (TPSA) is 97.4 Å². The second-order valence-corrected chi connectivity index (χ2v) is 7.33. The molecule has 8 heteroatoms. The van der Waals surface area contributed by atoms with E-state index in [2.05, 4.69) is 15.0 Å². The van der Waals surface area contributed by atoms with Gasteiger partial charge in [0.1, 0.15) is 0 Å². The maximum atomic E-state index is 12.1. The second-order valence-electron chi connectivity index (χ2n) is 5.58. The summed E-state index contributed by atoms with van der Waals surface area (Å²) in [5, 5.41) is 2.79. The van der Waals surface area contributed by atoms with Crippen molar-refractivity contribution in [1.29, 1.82) is 0 Å². The van der Waals surface area contributed by atoms with Crippen molar-refractivity contribution in [2.45, 2.75) is 12.3 Å². The highest BCUT2D eigenvalue weighted by atomic mass is 32.2. The Bertz CT molecular complexity index is 896. The van der Waals surface area contributed by atoms with E-state index in [-0.39, 0.29) is 18.2 Å². The van der Waals surface area contributed by atoms with E-state index in [1.807, 2.05) is 6.07 Å². The van der Waals surface area contributed by atoms with E-state index in [4.69, 9.17) is 4.74 Å². The minimum Gasteiger partial charge on any atom is -0.481 e. The van der Waals surface area contributed by atoms with E-state index in [1.54, 1.807) is 30.5 Å². The van der Waals surface area contributed by atoms with Gasteiger partial charge >= 0.3 is 0 Å². The van der Waals surface area contributed by atoms with Gasteiger partial charge in [-0.3, -0.25) is 9.52 Å². The molecule has 1 aromatic heterocycles. The van der Waals surface area contributed by atoms with E-state index in [0.717, 1.165) is 17.4 Å². The zero-order valence-electron chi connectivity index (χ0n) is 13.2. The molecule has 0 spiro atoms. The van der Waals surface area contributed by atoms with Crippen LogP contribution in [0.25, 0.3) is 0 Å². The number of nitrogens with zero attached hydrogens (tertiary/aromatic N) is 1. The maximum absolute atomic E-state index is 12.1. The van der Waals surface area contributed by atoms with Gasteiger partial charge in [-0.2, -0.15) is 0 Å². The number of benzene rings is 1. The molecule has 3 rings (SSSR count). The van der Waals surface area contributed by atoms with Gasteiger partial charge in [0, 0.05) is 29.8 Å². The summed E-state index contributed by atoms with van der Waals surface area (Å²) >= 11 is 0. The molecule has 0 fully saturated rings. The van der Waals surface area contributed by atoms with Crippen LogP contribution in [0.2, 0.25) is 0 Å². The quantitative estimate of drug-likeness (QED) is 0.881. The first-order chi connectivity index (χ1) is 11.4. The third-order valence-corrected chi connectivity index (χ3v) is 4.37. The van der Waals surface area contributed by atoms with Gasteiger partial charge in [0.2, 0.25) is 21.8 Å². The molecule has 2 aromatic rings. The Morgan fingerprint density at radius 3 is 2.79 bits per heavy atom. The van der Waals surface area contributed by atoms with Gasteiger partial charge in [0.05, 0.1) is 19.1 Å². The molecule has 1 aliphatic heterocycles. The standard InChI is InChI=1S/C16H17N3O4S/c1-23-16-12(4-3-7-17-16)13-9-15(20)18-14-8-10(5-6-11(13)14)19-24(2,21)22/h3-8,13,19H,9H2,1-2H3,(H,18,20)/t13-/m0/s1. The summed E-state index contributed by atoms with van der Waals surface area (Å²) in [6, 6.07) is 8.76. The van der Waals surface area contributed by atoms with Crippen molar-refractivity contribution in [3.05, 3.63) is 47.7 Å². The van der Waals surface area contributed by atoms with Crippen LogP contribution in [0.15, 0.2) is 36.5 Å². The normalized spacial score (nSPS) is 16.9. The lowest BCUT2D eigenvalue weighted by Crippen LogP contribution is -2.24. The minimum absolute atomic E-state index is 0.144. The third kappa shape index (κ3) is 3.33. The molecule has 0 bridgehead atoms. The number of pyridine rings is 1. The van der Waals surface area contributed by atoms with Crippen molar-refractivity contribution in [3.63, 3.8) is 0 Å². The first-order valence-electron chi connectivity index (χ1n) is 7.28. The molecule has 2 heterocycles. The zero-order chi connectivity index (χ0) is 17.3. The number of carbonyl (C=O) groups is 1. The van der Waals surface area contributed by atoms with Crippen LogP contribution in [-0.4, -0.2) is 32.7 Å². The van der Waals surface area contributed by atoms with Gasteiger partial charge in [-0.15, -0.1) is 0 Å². The first-order valence-corrected chi connectivity index (χ1v) is 9.17. The van der Waals surface area contributed by atoms with Crippen LogP contribution in [0, 0.1) is 0 Å². The number of rotatable bonds is 4. The molecule has 2 N–H and O–H groups in total. The lowest BCUT2D eigenvalue weighted by atomic mass is 9.85. The van der Waals surface area contributed by atoms with Gasteiger partial charge in [-0.05, 0) is 23.8 Å². The van der Waals surface area contributed by atoms with Crippen LogP contribution in [0.4, 0.5) is 11.4 Å². The van der Waals surface area contributed by atoms with Crippen molar-refractivity contribution in [1.82, 2.24) is 4.98 Å². The lowest BCUT2D eigenvalue weighted by Gasteiger charge is -2.27. The highest BCUT2D eigenvalue weighted by Crippen LogP contribution is 2.40. The van der Waals surface area contributed by atoms with Gasteiger partial charge < -0.3 is 10.1 Å². The van der Waals surface area contributed by atoms with Crippen LogP contribution in [-0.2, 0) is 14.8 Å². The van der Waals surface area contributed by atoms with Gasteiger partial charge in [0.15, 0.2) is 0 Å². The molecule has 1 atom stereocenters. The predicted molar refractivity (Wildman–Crippen MR) is 90.8 cm³/mol. The van der Waals surface area contributed by atoms with Crippen LogP contribution in [0.3, 0.4) is 0 Å². The molecule has 1 aliphatic rings. The number of sulfonamides is 1. The number of hydrogen-bond acceptors (Lipinski definition) is 5. The number of anilines is 2. The summed E-state index contributed by atoms with van der Waals surface area (Å²) in [5.74, 6) is 0.126. The van der Waals surface area contributed by atoms with E-state index in [0.29, 0.717) is 17.3 Å². The third-order valence-electron chi connectivity index (χ3n) is 3.76. The fraction of sp³-hybridized carbons (Fsp3) is 0.250. The first kappa shape index (κ1) is 16.3. The summed E-state index contributed by atoms with van der Waals surface area (Å²) in [7, 11) is -1.85. The predicted octanol–water partition coefficient (Wildman–Crippen LogP) is 1.94. The number of aromatic nitrogens is 1. The summed E-state index contributed by atoms with van der Waals surface area (Å²) in [6.07, 6.45) is 2.98. The molecule has 126 valence electrons. The molecule has 1 aromatic carbocycles. The Kier molecular flexibility index (Phi) is 4.15. The molecule has 0 saturated carbocycles. The van der Waals surface area contributed by atoms with Gasteiger partial charge in [-0.25, -0.2) is 13.4 Å². The van der Waals surface area contributed by atoms with E-state index < -0.39 is 10.0 Å². The van der Waals surface area contributed by atoms with Crippen molar-refractivity contribution >= 4 is 27.3 Å². The Hall–Kier alpha value is -2.61. The highest BCUT2D eigenvalue weighted by molar-refractivity contribution is 7.92. The molecule has 0 unspecified atom stereocenters. The SMILES string of the molecule is COc1ncccc1[C@H]1CC(=O)Nc2cc(NS(C)(=O)=O)ccc21. The zero-order valence-corrected chi connectivity index (χ0v) is 14.1. The van der Waals surface area contributed by atoms with Crippen molar-refractivity contribution in [2.75, 3.05) is 23.4 Å². The molecular formula is C16H17N3O4S. The smallest absolute Gasteiger partial charge is 0.229 e. The fourth-order valence-electron chi connectivity index (χ4n) is 2.86. The number of fused-ring (bicyclic) bond motifs is 1. The lowest BCUT2D eigenvalue weighted by molar-refractivity contribution is -0.116. The van der Waals surface area contributed by atoms with Crippen molar-refractivity contribution < 1.29 is 17.9 Å². The Morgan fingerprint density at radius 2 is 2.08 bits per heavy atom. The van der Waals surface area contributed by atoms with Crippen molar-refractivity contribution in [3.8, 4) is 5.88 Å². The maximum Gasteiger partial charge on any atom is 0.229 e. The summed E-state index contributed by atoms with van der Waals surface area (Å²) < 4.78 is 30.5. The second kappa shape index (κ2) is 6.12. The van der Waals surface area contributed by atoms with E-state index in [1.165, 1.54) is 7.11 Å². The number of amides is 1. The van der Waals surface area contributed by atoms with Crippen LogP contribution >= 0.6 is 0 Å².